The van der Waals surface area contributed by atoms with Crippen molar-refractivity contribution in [2.75, 3.05) is 36.4 Å². The molecule has 0 bridgehead atoms. The third-order valence-corrected chi connectivity index (χ3v) is 4.76. The second-order valence-corrected chi connectivity index (χ2v) is 6.62. The summed E-state index contributed by atoms with van der Waals surface area (Å²) >= 11 is 1.35. The van der Waals surface area contributed by atoms with Gasteiger partial charge in [-0.25, -0.2) is 9.37 Å². The summed E-state index contributed by atoms with van der Waals surface area (Å²) in [6.07, 6.45) is 1.95. The molecule has 0 atom stereocenters. The van der Waals surface area contributed by atoms with Gasteiger partial charge in [0.25, 0.3) is 0 Å². The van der Waals surface area contributed by atoms with E-state index in [1.807, 2.05) is 0 Å². The van der Waals surface area contributed by atoms with Crippen LogP contribution in [0, 0.1) is 5.82 Å². The monoisotopic (exact) mass is 362 g/mol. The molecule has 2 amide bonds. The minimum absolute atomic E-state index is 0.0203. The van der Waals surface area contributed by atoms with Crippen molar-refractivity contribution < 1.29 is 14.0 Å². The van der Waals surface area contributed by atoms with Crippen molar-refractivity contribution in [1.82, 2.24) is 9.88 Å². The van der Waals surface area contributed by atoms with Crippen LogP contribution in [0.5, 0.6) is 0 Å². The zero-order chi connectivity index (χ0) is 17.6. The molecule has 3 rings (SSSR count). The maximum absolute atomic E-state index is 13.0. The maximum Gasteiger partial charge on any atom is 0.226 e. The molecule has 1 aliphatic rings. The van der Waals surface area contributed by atoms with Crippen LogP contribution in [0.4, 0.5) is 15.2 Å². The number of benzene rings is 1. The molecule has 2 aromatic rings. The SMILES string of the molecule is O=C(CCC(=O)N1CCN(c2ccc(F)cc2)CC1)Nc1nccs1. The van der Waals surface area contributed by atoms with E-state index < -0.39 is 0 Å². The first-order valence-corrected chi connectivity index (χ1v) is 8.97. The van der Waals surface area contributed by atoms with E-state index in [9.17, 15) is 14.0 Å². The largest absolute Gasteiger partial charge is 0.368 e. The van der Waals surface area contributed by atoms with Gasteiger partial charge in [0, 0.05) is 56.3 Å². The van der Waals surface area contributed by atoms with Crippen LogP contribution in [0.2, 0.25) is 0 Å². The third-order valence-electron chi connectivity index (χ3n) is 4.07. The Balaban J connectivity index is 1.42. The lowest BCUT2D eigenvalue weighted by atomic mass is 10.2. The van der Waals surface area contributed by atoms with E-state index in [-0.39, 0.29) is 30.5 Å². The Bertz CT molecular complexity index is 713. The Kier molecular flexibility index (Phi) is 5.60. The lowest BCUT2D eigenvalue weighted by Crippen LogP contribution is -2.48. The van der Waals surface area contributed by atoms with Crippen LogP contribution in [0.1, 0.15) is 12.8 Å². The normalized spacial score (nSPS) is 14.4. The van der Waals surface area contributed by atoms with Gasteiger partial charge in [0.15, 0.2) is 5.13 Å². The molecule has 0 unspecified atom stereocenters. The van der Waals surface area contributed by atoms with Crippen molar-refractivity contribution in [1.29, 1.82) is 0 Å². The summed E-state index contributed by atoms with van der Waals surface area (Å²) in [5.74, 6) is -0.477. The molecule has 1 saturated heterocycles. The number of anilines is 2. The van der Waals surface area contributed by atoms with E-state index in [0.717, 1.165) is 5.69 Å². The average molecular weight is 362 g/mol. The predicted molar refractivity (Wildman–Crippen MR) is 95.2 cm³/mol. The smallest absolute Gasteiger partial charge is 0.226 e. The molecule has 8 heteroatoms. The molecule has 1 aromatic heterocycles. The number of hydrogen-bond acceptors (Lipinski definition) is 5. The summed E-state index contributed by atoms with van der Waals surface area (Å²) in [6.45, 7) is 2.60. The zero-order valence-electron chi connectivity index (χ0n) is 13.7. The van der Waals surface area contributed by atoms with Crippen LogP contribution in [-0.2, 0) is 9.59 Å². The molecule has 1 fully saturated rings. The number of rotatable bonds is 5. The van der Waals surface area contributed by atoms with E-state index in [4.69, 9.17) is 0 Å². The maximum atomic E-state index is 13.0. The summed E-state index contributed by atoms with van der Waals surface area (Å²) in [7, 11) is 0. The standard InChI is InChI=1S/C17H19FN4O2S/c18-13-1-3-14(4-2-13)21-8-10-22(11-9-21)16(24)6-5-15(23)20-17-19-7-12-25-17/h1-4,7,12H,5-6,8-11H2,(H,19,20,23). The van der Waals surface area contributed by atoms with Gasteiger partial charge in [-0.3, -0.25) is 9.59 Å². The van der Waals surface area contributed by atoms with Crippen molar-refractivity contribution in [3.8, 4) is 0 Å². The Morgan fingerprint density at radius 3 is 2.48 bits per heavy atom. The van der Waals surface area contributed by atoms with Gasteiger partial charge in [-0.15, -0.1) is 11.3 Å². The van der Waals surface area contributed by atoms with Gasteiger partial charge < -0.3 is 15.1 Å². The summed E-state index contributed by atoms with van der Waals surface area (Å²) in [6, 6.07) is 6.37. The molecule has 0 spiro atoms. The fraction of sp³-hybridized carbons (Fsp3) is 0.353. The molecule has 1 aromatic carbocycles. The van der Waals surface area contributed by atoms with Crippen LogP contribution in [0.3, 0.4) is 0 Å². The van der Waals surface area contributed by atoms with E-state index in [0.29, 0.717) is 31.3 Å². The van der Waals surface area contributed by atoms with Gasteiger partial charge in [-0.2, -0.15) is 0 Å². The second kappa shape index (κ2) is 8.06. The van der Waals surface area contributed by atoms with Crippen molar-refractivity contribution in [3.63, 3.8) is 0 Å². The van der Waals surface area contributed by atoms with Crippen molar-refractivity contribution in [3.05, 3.63) is 41.7 Å². The number of carbonyl (C=O) groups excluding carboxylic acids is 2. The molecule has 132 valence electrons. The van der Waals surface area contributed by atoms with Crippen LogP contribution in [-0.4, -0.2) is 47.9 Å². The summed E-state index contributed by atoms with van der Waals surface area (Å²) in [4.78, 5) is 31.9. The molecule has 6 nitrogen and oxygen atoms in total. The quantitative estimate of drug-likeness (QED) is 0.887. The molecule has 0 aliphatic carbocycles. The molecule has 25 heavy (non-hydrogen) atoms. The van der Waals surface area contributed by atoms with Crippen molar-refractivity contribution >= 4 is 34.0 Å². The van der Waals surface area contributed by atoms with Crippen LogP contribution < -0.4 is 10.2 Å². The summed E-state index contributed by atoms with van der Waals surface area (Å²) < 4.78 is 13.0. The minimum atomic E-state index is -0.256. The first-order chi connectivity index (χ1) is 12.1. The number of nitrogens with one attached hydrogen (secondary N) is 1. The predicted octanol–water partition coefficient (Wildman–Crippen LogP) is 2.35. The first-order valence-electron chi connectivity index (χ1n) is 8.09. The summed E-state index contributed by atoms with van der Waals surface area (Å²) in [5, 5.41) is 5.00. The number of carbonyl (C=O) groups is 2. The molecule has 0 saturated carbocycles. The Morgan fingerprint density at radius 1 is 1.12 bits per heavy atom. The number of amides is 2. The number of thiazole rings is 1. The highest BCUT2D eigenvalue weighted by Gasteiger charge is 2.21. The van der Waals surface area contributed by atoms with Crippen molar-refractivity contribution in [2.45, 2.75) is 12.8 Å². The molecule has 0 radical (unpaired) electrons. The van der Waals surface area contributed by atoms with E-state index in [1.54, 1.807) is 28.6 Å². The van der Waals surface area contributed by atoms with Gasteiger partial charge in [0.2, 0.25) is 11.8 Å². The highest BCUT2D eigenvalue weighted by Crippen LogP contribution is 2.17. The number of nitrogens with zero attached hydrogens (tertiary/aromatic N) is 3. The topological polar surface area (TPSA) is 65.5 Å². The number of halogens is 1. The lowest BCUT2D eigenvalue weighted by molar-refractivity contribution is -0.133. The van der Waals surface area contributed by atoms with Gasteiger partial charge in [-0.1, -0.05) is 0 Å². The fourth-order valence-electron chi connectivity index (χ4n) is 2.71. The second-order valence-electron chi connectivity index (χ2n) is 5.73. The van der Waals surface area contributed by atoms with Gasteiger partial charge in [-0.05, 0) is 24.3 Å². The van der Waals surface area contributed by atoms with E-state index in [2.05, 4.69) is 15.2 Å². The lowest BCUT2D eigenvalue weighted by Gasteiger charge is -2.36. The number of hydrogen-bond donors (Lipinski definition) is 1. The zero-order valence-corrected chi connectivity index (χ0v) is 14.5. The number of piperazine rings is 1. The number of aromatic nitrogens is 1. The highest BCUT2D eigenvalue weighted by molar-refractivity contribution is 7.13. The van der Waals surface area contributed by atoms with E-state index >= 15 is 0 Å². The minimum Gasteiger partial charge on any atom is -0.368 e. The van der Waals surface area contributed by atoms with Gasteiger partial charge >= 0.3 is 0 Å². The van der Waals surface area contributed by atoms with E-state index in [1.165, 1.54) is 23.5 Å². The third kappa shape index (κ3) is 4.76. The molecular formula is C17H19FN4O2S. The van der Waals surface area contributed by atoms with Crippen LogP contribution in [0.25, 0.3) is 0 Å². The Hall–Kier alpha value is -2.48. The molecule has 1 N–H and O–H groups in total. The molecule has 1 aliphatic heterocycles. The molecule has 2 heterocycles. The van der Waals surface area contributed by atoms with Crippen LogP contribution >= 0.6 is 11.3 Å². The summed E-state index contributed by atoms with van der Waals surface area (Å²) in [5.41, 5.74) is 0.955. The van der Waals surface area contributed by atoms with Crippen LogP contribution in [0.15, 0.2) is 35.8 Å². The van der Waals surface area contributed by atoms with Crippen molar-refractivity contribution in [2.24, 2.45) is 0 Å². The molecular weight excluding hydrogens is 343 g/mol. The Labute approximate surface area is 149 Å². The average Bonchev–Trinajstić information content (AvgIpc) is 3.13. The first kappa shape index (κ1) is 17.3. The van der Waals surface area contributed by atoms with Gasteiger partial charge in [0.1, 0.15) is 5.82 Å². The highest BCUT2D eigenvalue weighted by atomic mass is 32.1. The fourth-order valence-corrected chi connectivity index (χ4v) is 3.26. The van der Waals surface area contributed by atoms with Gasteiger partial charge in [0.05, 0.1) is 0 Å². The Morgan fingerprint density at radius 2 is 1.84 bits per heavy atom.